The van der Waals surface area contributed by atoms with Crippen molar-refractivity contribution in [1.29, 1.82) is 0 Å². The van der Waals surface area contributed by atoms with Gasteiger partial charge in [0, 0.05) is 59.8 Å². The molecule has 0 unspecified atom stereocenters. The van der Waals surface area contributed by atoms with Gasteiger partial charge in [0.15, 0.2) is 23.1 Å². The van der Waals surface area contributed by atoms with E-state index >= 15 is 0 Å². The fourth-order valence-electron chi connectivity index (χ4n) is 9.47. The molecule has 7 nitrogen and oxygen atoms in total. The summed E-state index contributed by atoms with van der Waals surface area (Å²) >= 11 is 0. The summed E-state index contributed by atoms with van der Waals surface area (Å²) < 4.78 is 64.7. The molecule has 64 heavy (non-hydrogen) atoms. The Bertz CT molecular complexity index is 4450. The first-order valence-electron chi connectivity index (χ1n) is 23.4. The van der Waals surface area contributed by atoms with Gasteiger partial charge in [0.05, 0.1) is 23.6 Å². The number of nitrogens with zero attached hydrogens (tertiary/aromatic N) is 4. The summed E-state index contributed by atoms with van der Waals surface area (Å²) in [5.74, 6) is 0.404. The van der Waals surface area contributed by atoms with E-state index in [0.29, 0.717) is 27.9 Å². The van der Waals surface area contributed by atoms with Crippen molar-refractivity contribution in [2.24, 2.45) is 0 Å². The van der Waals surface area contributed by atoms with Gasteiger partial charge in [-0.15, -0.1) is 0 Å². The number of fused-ring (bicyclic) bond motifs is 12. The normalized spacial score (nSPS) is 13.2. The zero-order valence-corrected chi connectivity index (χ0v) is 33.6. The second kappa shape index (κ2) is 13.3. The van der Waals surface area contributed by atoms with Gasteiger partial charge in [0.2, 0.25) is 0 Å². The second-order valence-corrected chi connectivity index (χ2v) is 15.9. The molecule has 0 bridgehead atoms. The predicted molar refractivity (Wildman–Crippen MR) is 258 cm³/mol. The van der Waals surface area contributed by atoms with E-state index in [-0.39, 0.29) is 23.0 Å². The Kier molecular flexibility index (Phi) is 6.31. The van der Waals surface area contributed by atoms with E-state index in [9.17, 15) is 0 Å². The van der Waals surface area contributed by atoms with Crippen molar-refractivity contribution in [2.45, 2.75) is 0 Å². The average Bonchev–Trinajstić information content (AvgIpc) is 4.16. The molecule has 0 amide bonds. The number of benzene rings is 9. The number of rotatable bonds is 5. The van der Waals surface area contributed by atoms with Crippen LogP contribution in [0, 0.1) is 0 Å². The highest BCUT2D eigenvalue weighted by molar-refractivity contribution is 6.17. The maximum atomic E-state index is 8.81. The van der Waals surface area contributed by atoms with E-state index in [1.807, 2.05) is 78.9 Å². The minimum atomic E-state index is -0.504. The molecule has 14 aromatic rings. The predicted octanol–water partition coefficient (Wildman–Crippen LogP) is 15.3. The molecule has 5 heterocycles. The molecule has 0 N–H and O–H groups in total. The lowest BCUT2D eigenvalue weighted by atomic mass is 9.97. The lowest BCUT2D eigenvalue weighted by Gasteiger charge is -2.11. The molecule has 298 valence electrons. The highest BCUT2D eigenvalue weighted by Gasteiger charge is 2.22. The van der Waals surface area contributed by atoms with E-state index in [1.165, 1.54) is 10.8 Å². The third-order valence-electron chi connectivity index (χ3n) is 12.4. The molecule has 9 aromatic carbocycles. The van der Waals surface area contributed by atoms with Crippen LogP contribution in [0.4, 0.5) is 0 Å². The van der Waals surface area contributed by atoms with Crippen molar-refractivity contribution >= 4 is 87.6 Å². The van der Waals surface area contributed by atoms with Gasteiger partial charge in [-0.2, -0.15) is 0 Å². The van der Waals surface area contributed by atoms with Crippen molar-refractivity contribution in [2.75, 3.05) is 0 Å². The maximum Gasteiger partial charge on any atom is 0.164 e. The fourth-order valence-corrected chi connectivity index (χ4v) is 9.47. The van der Waals surface area contributed by atoms with E-state index in [2.05, 4.69) is 89.5 Å². The Balaban J connectivity index is 0.921. The van der Waals surface area contributed by atoms with Gasteiger partial charge >= 0.3 is 0 Å². The second-order valence-electron chi connectivity index (χ2n) is 15.9. The third kappa shape index (κ3) is 5.18. The molecule has 0 spiro atoms. The van der Waals surface area contributed by atoms with Gasteiger partial charge in [0.1, 0.15) is 27.9 Å². The summed E-state index contributed by atoms with van der Waals surface area (Å²) in [5.41, 5.74) is 10.4. The minimum Gasteiger partial charge on any atom is -0.456 e. The van der Waals surface area contributed by atoms with Gasteiger partial charge in [-0.05, 0) is 77.9 Å². The minimum absolute atomic E-state index is 0.0618. The molecule has 0 aliphatic carbocycles. The Hall–Kier alpha value is -8.81. The van der Waals surface area contributed by atoms with Crippen molar-refractivity contribution in [3.8, 4) is 51.0 Å². The molecule has 0 atom stereocenters. The largest absolute Gasteiger partial charge is 0.456 e. The van der Waals surface area contributed by atoms with Crippen LogP contribution in [0.15, 0.2) is 207 Å². The number of aromatic nitrogens is 4. The van der Waals surface area contributed by atoms with Crippen molar-refractivity contribution in [3.63, 3.8) is 0 Å². The number of hydrogen-bond donors (Lipinski definition) is 0. The third-order valence-corrected chi connectivity index (χ3v) is 12.4. The first kappa shape index (κ1) is 30.3. The van der Waals surface area contributed by atoms with Crippen LogP contribution in [0.2, 0.25) is 0 Å². The molecule has 5 aromatic heterocycles. The van der Waals surface area contributed by atoms with E-state index < -0.39 is 30.2 Å². The van der Waals surface area contributed by atoms with Crippen molar-refractivity contribution in [1.82, 2.24) is 19.5 Å². The highest BCUT2D eigenvalue weighted by atomic mass is 16.3. The lowest BCUT2D eigenvalue weighted by Crippen LogP contribution is -2.00. The zero-order chi connectivity index (χ0) is 46.2. The molecule has 7 heteroatoms. The quantitative estimate of drug-likeness (QED) is 0.172. The van der Waals surface area contributed by atoms with Gasteiger partial charge < -0.3 is 17.8 Å². The molecule has 14 rings (SSSR count). The van der Waals surface area contributed by atoms with Crippen LogP contribution in [-0.4, -0.2) is 19.5 Å². The first-order valence-corrected chi connectivity index (χ1v) is 20.9. The molecule has 0 saturated carbocycles. The first-order chi connectivity index (χ1) is 33.8. The molecule has 0 radical (unpaired) electrons. The van der Waals surface area contributed by atoms with Crippen LogP contribution in [0.3, 0.4) is 0 Å². The molecule has 0 fully saturated rings. The monoisotopic (exact) mass is 825 g/mol. The smallest absolute Gasteiger partial charge is 0.164 e. The molecular weight excluding hydrogens is 789 g/mol. The number of hydrogen-bond acceptors (Lipinski definition) is 6. The van der Waals surface area contributed by atoms with Crippen LogP contribution >= 0.6 is 0 Å². The summed E-state index contributed by atoms with van der Waals surface area (Å²) in [6.45, 7) is 0. The highest BCUT2D eigenvalue weighted by Crippen LogP contribution is 2.44. The summed E-state index contributed by atoms with van der Waals surface area (Å²) in [6.07, 6.45) is 0. The molecule has 0 saturated heterocycles. The van der Waals surface area contributed by atoms with E-state index in [1.54, 1.807) is 0 Å². The van der Waals surface area contributed by atoms with Gasteiger partial charge in [-0.3, -0.25) is 0 Å². The lowest BCUT2D eigenvalue weighted by molar-refractivity contribution is 0.666. The summed E-state index contributed by atoms with van der Waals surface area (Å²) in [6, 6.07) is 52.5. The summed E-state index contributed by atoms with van der Waals surface area (Å²) in [7, 11) is 0. The van der Waals surface area contributed by atoms with Gasteiger partial charge in [0.25, 0.3) is 0 Å². The molecule has 0 aliphatic rings. The van der Waals surface area contributed by atoms with E-state index in [0.717, 1.165) is 76.9 Å². The summed E-state index contributed by atoms with van der Waals surface area (Å²) in [4.78, 5) is 14.5. The van der Waals surface area contributed by atoms with Crippen molar-refractivity contribution in [3.05, 3.63) is 194 Å². The maximum absolute atomic E-state index is 8.81. The number of para-hydroxylation sites is 4. The standard InChI is InChI=1S/C57H32N4O3/c1-2-12-33(13-3-1)55-58-56(35-23-26-41-40-16-6-10-20-48(40)62-51(41)31-35)60-57(59-55)36-24-27-43-42-25-22-34(30-50(42)63-52(43)32-36)37-28-29-47(54-53(37)44-17-7-11-21-49(44)64-54)61-45-18-8-4-14-38(45)39-15-5-9-19-46(39)61/h1-32H/i1D,2D,3D,12D,13D. The van der Waals surface area contributed by atoms with Crippen LogP contribution in [0.25, 0.3) is 139 Å². The SMILES string of the molecule is [2H]c1c([2H])c([2H])c(-c2nc(-c3ccc4c(c3)oc3ccccc34)nc(-c3ccc4c(c3)oc3cc(-c5ccc(-n6c7ccccc7c7ccccc76)c6oc7ccccc7c56)ccc34)n2)c([2H])c1[2H]. The summed E-state index contributed by atoms with van der Waals surface area (Å²) in [5, 5.41) is 8.06. The van der Waals surface area contributed by atoms with E-state index in [4.69, 9.17) is 35.1 Å². The Labute approximate surface area is 371 Å². The number of furan rings is 3. The fraction of sp³-hybridized carbons (Fsp3) is 0. The Morgan fingerprint density at radius 3 is 1.47 bits per heavy atom. The van der Waals surface area contributed by atoms with Gasteiger partial charge in [-0.25, -0.2) is 15.0 Å². The molecular formula is C57H32N4O3. The topological polar surface area (TPSA) is 83.0 Å². The molecule has 0 aliphatic heterocycles. The Morgan fingerprint density at radius 2 is 0.844 bits per heavy atom. The zero-order valence-electron chi connectivity index (χ0n) is 38.6. The van der Waals surface area contributed by atoms with Crippen LogP contribution in [0.1, 0.15) is 6.85 Å². The van der Waals surface area contributed by atoms with Gasteiger partial charge in [-0.1, -0.05) is 127 Å². The average molecular weight is 826 g/mol. The Morgan fingerprint density at radius 1 is 0.375 bits per heavy atom. The van der Waals surface area contributed by atoms with Crippen LogP contribution < -0.4 is 0 Å². The van der Waals surface area contributed by atoms with Crippen molar-refractivity contribution < 1.29 is 20.1 Å². The van der Waals surface area contributed by atoms with Crippen LogP contribution in [0.5, 0.6) is 0 Å². The van der Waals surface area contributed by atoms with Crippen LogP contribution in [-0.2, 0) is 0 Å².